The van der Waals surface area contributed by atoms with Crippen LogP contribution in [0.25, 0.3) is 0 Å². The lowest BCUT2D eigenvalue weighted by Crippen LogP contribution is -2.30. The van der Waals surface area contributed by atoms with Crippen molar-refractivity contribution in [1.82, 2.24) is 9.97 Å². The van der Waals surface area contributed by atoms with Gasteiger partial charge in [-0.3, -0.25) is 0 Å². The Morgan fingerprint density at radius 3 is 2.57 bits per heavy atom. The molecule has 110 valence electrons. The molecule has 1 heterocycles. The van der Waals surface area contributed by atoms with Gasteiger partial charge in [0.15, 0.2) is 17.3 Å². The topological polar surface area (TPSA) is 108 Å². The van der Waals surface area contributed by atoms with E-state index in [1.165, 1.54) is 12.4 Å². The molecule has 0 saturated heterocycles. The third kappa shape index (κ3) is 3.67. The largest absolute Gasteiger partial charge is 0.409 e. The van der Waals surface area contributed by atoms with Crippen molar-refractivity contribution in [2.75, 3.05) is 18.1 Å². The summed E-state index contributed by atoms with van der Waals surface area (Å²) in [5.41, 5.74) is 6.97. The van der Waals surface area contributed by atoms with E-state index in [0.717, 1.165) is 5.56 Å². The summed E-state index contributed by atoms with van der Waals surface area (Å²) < 4.78 is 0. The smallest absolute Gasteiger partial charge is 0.192 e. The molecule has 0 amide bonds. The van der Waals surface area contributed by atoms with E-state index in [1.54, 1.807) is 0 Å². The molecule has 0 unspecified atom stereocenters. The van der Waals surface area contributed by atoms with Crippen LogP contribution in [0, 0.1) is 0 Å². The summed E-state index contributed by atoms with van der Waals surface area (Å²) in [4.78, 5) is 10.2. The van der Waals surface area contributed by atoms with Crippen LogP contribution in [-0.2, 0) is 6.54 Å². The van der Waals surface area contributed by atoms with E-state index in [2.05, 4.69) is 15.1 Å². The first-order chi connectivity index (χ1) is 10.3. The van der Waals surface area contributed by atoms with Gasteiger partial charge in [0.05, 0.1) is 6.61 Å². The van der Waals surface area contributed by atoms with Crippen molar-refractivity contribution in [3.63, 3.8) is 0 Å². The van der Waals surface area contributed by atoms with Crippen LogP contribution in [-0.4, -0.2) is 39.3 Å². The fourth-order valence-corrected chi connectivity index (χ4v) is 1.97. The molecule has 2 aromatic rings. The fraction of sp³-hybridized carbons (Fsp3) is 0.214. The summed E-state index contributed by atoms with van der Waals surface area (Å²) in [6.45, 7) is 0.851. The van der Waals surface area contributed by atoms with Crippen LogP contribution in [0.15, 0.2) is 47.9 Å². The Bertz CT molecular complexity index is 603. The van der Waals surface area contributed by atoms with E-state index in [9.17, 15) is 5.11 Å². The lowest BCUT2D eigenvalue weighted by molar-refractivity contribution is 0.301. The number of oxime groups is 1. The number of aliphatic hydroxyl groups excluding tert-OH is 1. The molecule has 7 heteroatoms. The van der Waals surface area contributed by atoms with Crippen LogP contribution >= 0.6 is 0 Å². The van der Waals surface area contributed by atoms with Gasteiger partial charge < -0.3 is 20.9 Å². The maximum atomic E-state index is 9.26. The first-order valence-corrected chi connectivity index (χ1v) is 6.45. The van der Waals surface area contributed by atoms with Gasteiger partial charge in [-0.2, -0.15) is 0 Å². The Balaban J connectivity index is 2.34. The normalized spacial score (nSPS) is 11.4. The van der Waals surface area contributed by atoms with Crippen molar-refractivity contribution < 1.29 is 10.3 Å². The molecular weight excluding hydrogens is 270 g/mol. The third-order valence-electron chi connectivity index (χ3n) is 2.91. The molecule has 0 aliphatic heterocycles. The quantitative estimate of drug-likeness (QED) is 0.310. The molecular formula is C14H17N5O2. The Labute approximate surface area is 122 Å². The minimum atomic E-state index is -0.117. The molecule has 1 aromatic carbocycles. The lowest BCUT2D eigenvalue weighted by Gasteiger charge is -2.24. The Morgan fingerprint density at radius 2 is 1.90 bits per heavy atom. The highest BCUT2D eigenvalue weighted by atomic mass is 16.4. The van der Waals surface area contributed by atoms with Crippen molar-refractivity contribution >= 4 is 11.7 Å². The molecule has 0 saturated carbocycles. The van der Waals surface area contributed by atoms with Crippen molar-refractivity contribution in [1.29, 1.82) is 0 Å². The van der Waals surface area contributed by atoms with Gasteiger partial charge in [0, 0.05) is 25.5 Å². The SMILES string of the molecule is NC(=NO)c1nccnc1N(CCO)Cc1ccccc1. The second-order valence-electron chi connectivity index (χ2n) is 4.34. The maximum absolute atomic E-state index is 9.26. The van der Waals surface area contributed by atoms with Crippen LogP contribution in [0.4, 0.5) is 5.82 Å². The number of hydrogen-bond acceptors (Lipinski definition) is 6. The summed E-state index contributed by atoms with van der Waals surface area (Å²) in [5.74, 6) is 0.347. The first kappa shape index (κ1) is 14.7. The van der Waals surface area contributed by atoms with Crippen molar-refractivity contribution in [2.45, 2.75) is 6.54 Å². The zero-order valence-corrected chi connectivity index (χ0v) is 11.4. The summed E-state index contributed by atoms with van der Waals surface area (Å²) >= 11 is 0. The van der Waals surface area contributed by atoms with Gasteiger partial charge in [0.25, 0.3) is 0 Å². The molecule has 0 fully saturated rings. The number of aliphatic hydroxyl groups is 1. The number of nitrogens with two attached hydrogens (primary N) is 1. The van der Waals surface area contributed by atoms with Gasteiger partial charge in [0.1, 0.15) is 0 Å². The molecule has 0 aliphatic rings. The van der Waals surface area contributed by atoms with Gasteiger partial charge in [-0.1, -0.05) is 35.5 Å². The monoisotopic (exact) mass is 287 g/mol. The van der Waals surface area contributed by atoms with E-state index in [4.69, 9.17) is 10.9 Å². The summed E-state index contributed by atoms with van der Waals surface area (Å²) in [6, 6.07) is 9.76. The molecule has 0 atom stereocenters. The number of anilines is 1. The summed E-state index contributed by atoms with van der Waals surface area (Å²) in [5, 5.41) is 21.1. The number of amidine groups is 1. The highest BCUT2D eigenvalue weighted by Crippen LogP contribution is 2.17. The van der Waals surface area contributed by atoms with E-state index >= 15 is 0 Å². The molecule has 1 aromatic heterocycles. The Hall–Kier alpha value is -2.67. The molecule has 0 radical (unpaired) electrons. The minimum absolute atomic E-state index is 0.0426. The predicted molar refractivity (Wildman–Crippen MR) is 79.1 cm³/mol. The second kappa shape index (κ2) is 7.20. The van der Waals surface area contributed by atoms with E-state index in [-0.39, 0.29) is 18.1 Å². The van der Waals surface area contributed by atoms with Crippen LogP contribution in [0.5, 0.6) is 0 Å². The first-order valence-electron chi connectivity index (χ1n) is 6.45. The number of rotatable bonds is 6. The van der Waals surface area contributed by atoms with Crippen LogP contribution < -0.4 is 10.6 Å². The number of hydrogen-bond donors (Lipinski definition) is 3. The number of aromatic nitrogens is 2. The van der Waals surface area contributed by atoms with Gasteiger partial charge >= 0.3 is 0 Å². The zero-order chi connectivity index (χ0) is 15.1. The second-order valence-corrected chi connectivity index (χ2v) is 4.34. The molecule has 0 aliphatic carbocycles. The number of benzene rings is 1. The van der Waals surface area contributed by atoms with Gasteiger partial charge in [0.2, 0.25) is 0 Å². The van der Waals surface area contributed by atoms with E-state index < -0.39 is 0 Å². The van der Waals surface area contributed by atoms with Crippen molar-refractivity contribution in [3.8, 4) is 0 Å². The van der Waals surface area contributed by atoms with Gasteiger partial charge in [-0.25, -0.2) is 9.97 Å². The Kier molecular flexibility index (Phi) is 5.05. The third-order valence-corrected chi connectivity index (χ3v) is 2.91. The van der Waals surface area contributed by atoms with Crippen molar-refractivity contribution in [2.24, 2.45) is 10.9 Å². The molecule has 4 N–H and O–H groups in total. The lowest BCUT2D eigenvalue weighted by atomic mass is 10.2. The van der Waals surface area contributed by atoms with Crippen LogP contribution in [0.2, 0.25) is 0 Å². The molecule has 7 nitrogen and oxygen atoms in total. The minimum Gasteiger partial charge on any atom is -0.409 e. The highest BCUT2D eigenvalue weighted by molar-refractivity contribution is 5.99. The molecule has 0 bridgehead atoms. The molecule has 21 heavy (non-hydrogen) atoms. The molecule has 2 rings (SSSR count). The Morgan fingerprint density at radius 1 is 1.19 bits per heavy atom. The van der Waals surface area contributed by atoms with Gasteiger partial charge in [-0.05, 0) is 5.56 Å². The number of nitrogens with zero attached hydrogens (tertiary/aromatic N) is 4. The summed E-state index contributed by atoms with van der Waals surface area (Å²) in [7, 11) is 0. The van der Waals surface area contributed by atoms with Crippen LogP contribution in [0.3, 0.4) is 0 Å². The van der Waals surface area contributed by atoms with E-state index in [0.29, 0.717) is 18.9 Å². The summed E-state index contributed by atoms with van der Waals surface area (Å²) in [6.07, 6.45) is 3.00. The van der Waals surface area contributed by atoms with Gasteiger partial charge in [-0.15, -0.1) is 0 Å². The molecule has 0 spiro atoms. The maximum Gasteiger partial charge on any atom is 0.192 e. The van der Waals surface area contributed by atoms with Crippen molar-refractivity contribution in [3.05, 3.63) is 54.0 Å². The predicted octanol–water partition coefficient (Wildman–Crippen LogP) is 0.570. The standard InChI is InChI=1S/C14H17N5O2/c15-13(18-21)12-14(17-7-6-16-12)19(8-9-20)10-11-4-2-1-3-5-11/h1-7,20-21H,8-10H2,(H2,15,18). The fourth-order valence-electron chi connectivity index (χ4n) is 1.97. The highest BCUT2D eigenvalue weighted by Gasteiger charge is 2.16. The average molecular weight is 287 g/mol. The van der Waals surface area contributed by atoms with Crippen LogP contribution in [0.1, 0.15) is 11.3 Å². The van der Waals surface area contributed by atoms with E-state index in [1.807, 2.05) is 35.2 Å². The zero-order valence-electron chi connectivity index (χ0n) is 11.4. The average Bonchev–Trinajstić information content (AvgIpc) is 2.55.